The molecule has 2 heterocycles. The van der Waals surface area contributed by atoms with Crippen molar-refractivity contribution in [3.63, 3.8) is 0 Å². The molecule has 6 nitrogen and oxygen atoms in total. The Morgan fingerprint density at radius 1 is 1.11 bits per heavy atom. The summed E-state index contributed by atoms with van der Waals surface area (Å²) in [6, 6.07) is 11.7. The van der Waals surface area contributed by atoms with Gasteiger partial charge in [-0.25, -0.2) is 4.79 Å². The Bertz CT molecular complexity index is 1090. The highest BCUT2D eigenvalue weighted by Gasteiger charge is 2.18. The first-order valence-corrected chi connectivity index (χ1v) is 9.26. The number of hydrogen-bond donors (Lipinski definition) is 1. The van der Waals surface area contributed by atoms with Gasteiger partial charge in [0.15, 0.2) is 11.3 Å². The zero-order chi connectivity index (χ0) is 19.0. The summed E-state index contributed by atoms with van der Waals surface area (Å²) in [5, 5.41) is 9.80. The van der Waals surface area contributed by atoms with Crippen LogP contribution >= 0.6 is 15.9 Å². The summed E-state index contributed by atoms with van der Waals surface area (Å²) in [6.45, 7) is 2.46. The third kappa shape index (κ3) is 3.48. The number of anilines is 1. The molecule has 0 amide bonds. The zero-order valence-electron chi connectivity index (χ0n) is 14.3. The van der Waals surface area contributed by atoms with E-state index in [0.717, 1.165) is 0 Å². The minimum absolute atomic E-state index is 0.131. The number of morpholine rings is 1. The normalized spacial score (nSPS) is 14.5. The van der Waals surface area contributed by atoms with Gasteiger partial charge in [-0.15, -0.1) is 0 Å². The molecule has 0 saturated carbocycles. The van der Waals surface area contributed by atoms with Gasteiger partial charge in [-0.3, -0.25) is 4.79 Å². The summed E-state index contributed by atoms with van der Waals surface area (Å²) in [5.41, 5.74) is 1.80. The van der Waals surface area contributed by atoms with Crippen LogP contribution in [-0.4, -0.2) is 37.4 Å². The van der Waals surface area contributed by atoms with Gasteiger partial charge in [-0.05, 0) is 29.8 Å². The van der Waals surface area contributed by atoms with Crippen molar-refractivity contribution >= 4 is 38.8 Å². The number of aromatic carboxylic acids is 1. The number of rotatable bonds is 3. The smallest absolute Gasteiger partial charge is 0.335 e. The fraction of sp³-hybridized carbons (Fsp3) is 0.200. The summed E-state index contributed by atoms with van der Waals surface area (Å²) >= 11 is 3.36. The van der Waals surface area contributed by atoms with Gasteiger partial charge in [-0.2, -0.15) is 0 Å². The first kappa shape index (κ1) is 17.8. The molecule has 4 rings (SSSR count). The molecule has 1 aromatic heterocycles. The average molecular weight is 430 g/mol. The number of fused-ring (bicyclic) bond motifs is 1. The maximum atomic E-state index is 12.6. The van der Waals surface area contributed by atoms with Crippen LogP contribution in [0.5, 0.6) is 0 Å². The Kier molecular flexibility index (Phi) is 4.72. The van der Waals surface area contributed by atoms with E-state index in [1.54, 1.807) is 18.2 Å². The lowest BCUT2D eigenvalue weighted by Gasteiger charge is -2.27. The van der Waals surface area contributed by atoms with Crippen LogP contribution in [0.4, 0.5) is 5.88 Å². The van der Waals surface area contributed by atoms with Crippen molar-refractivity contribution in [2.24, 2.45) is 0 Å². The molecule has 0 bridgehead atoms. The van der Waals surface area contributed by atoms with Crippen molar-refractivity contribution in [3.05, 3.63) is 62.7 Å². The van der Waals surface area contributed by atoms with Crippen LogP contribution in [0.3, 0.4) is 0 Å². The highest BCUT2D eigenvalue weighted by Crippen LogP contribution is 2.32. The molecule has 0 spiro atoms. The van der Waals surface area contributed by atoms with Gasteiger partial charge < -0.3 is 19.2 Å². The largest absolute Gasteiger partial charge is 0.478 e. The minimum atomic E-state index is -1.02. The van der Waals surface area contributed by atoms with Crippen LogP contribution in [-0.2, 0) is 4.74 Å². The molecule has 3 aromatic rings. The molecule has 1 N–H and O–H groups in total. The molecule has 7 heteroatoms. The van der Waals surface area contributed by atoms with Crippen molar-refractivity contribution < 1.29 is 19.1 Å². The number of carboxylic acid groups (broad SMARTS) is 1. The lowest BCUT2D eigenvalue weighted by Crippen LogP contribution is -2.36. The van der Waals surface area contributed by atoms with Crippen LogP contribution in [0, 0.1) is 0 Å². The Morgan fingerprint density at radius 3 is 2.63 bits per heavy atom. The van der Waals surface area contributed by atoms with Gasteiger partial charge in [-0.1, -0.05) is 28.1 Å². The van der Waals surface area contributed by atoms with Crippen molar-refractivity contribution in [2.75, 3.05) is 31.2 Å². The van der Waals surface area contributed by atoms with E-state index in [-0.39, 0.29) is 11.0 Å². The third-order valence-corrected chi connectivity index (χ3v) is 4.98. The van der Waals surface area contributed by atoms with E-state index < -0.39 is 5.97 Å². The SMILES string of the molecule is O=C(O)c1cc(Br)cc(-c2cccc3c(=O)cc(N4CCOCC4)oc23)c1. The molecule has 0 radical (unpaired) electrons. The molecule has 0 atom stereocenters. The standard InChI is InChI=1S/C20H16BrNO5/c21-14-9-12(8-13(10-14)20(24)25)15-2-1-3-16-17(23)11-18(27-19(15)16)22-4-6-26-7-5-22/h1-3,8-11H,4-7H2,(H,24,25). The number of hydrogen-bond acceptors (Lipinski definition) is 5. The van der Waals surface area contributed by atoms with E-state index in [0.29, 0.717) is 58.8 Å². The monoisotopic (exact) mass is 429 g/mol. The first-order valence-electron chi connectivity index (χ1n) is 8.47. The van der Waals surface area contributed by atoms with Crippen molar-refractivity contribution in [1.29, 1.82) is 0 Å². The Labute approximate surface area is 163 Å². The molecule has 0 unspecified atom stereocenters. The fourth-order valence-corrected chi connectivity index (χ4v) is 3.69. The van der Waals surface area contributed by atoms with Gasteiger partial charge in [0.2, 0.25) is 0 Å². The van der Waals surface area contributed by atoms with E-state index in [2.05, 4.69) is 15.9 Å². The Morgan fingerprint density at radius 2 is 1.89 bits per heavy atom. The van der Waals surface area contributed by atoms with E-state index in [1.807, 2.05) is 17.0 Å². The third-order valence-electron chi connectivity index (χ3n) is 4.52. The molecule has 27 heavy (non-hydrogen) atoms. The maximum Gasteiger partial charge on any atom is 0.335 e. The van der Waals surface area contributed by atoms with Crippen LogP contribution in [0.25, 0.3) is 22.1 Å². The Hall–Kier alpha value is -2.64. The summed E-state index contributed by atoms with van der Waals surface area (Å²) < 4.78 is 12.1. The first-order chi connectivity index (χ1) is 13.0. The second-order valence-electron chi connectivity index (χ2n) is 6.26. The molecular formula is C20H16BrNO5. The molecule has 1 aliphatic rings. The van der Waals surface area contributed by atoms with E-state index in [9.17, 15) is 14.7 Å². The number of para-hydroxylation sites is 1. The average Bonchev–Trinajstić information content (AvgIpc) is 2.67. The number of carboxylic acids is 1. The van der Waals surface area contributed by atoms with Gasteiger partial charge in [0.25, 0.3) is 0 Å². The lowest BCUT2D eigenvalue weighted by molar-refractivity contribution is 0.0697. The molecule has 1 saturated heterocycles. The molecule has 138 valence electrons. The fourth-order valence-electron chi connectivity index (χ4n) is 3.20. The Balaban J connectivity index is 1.92. The van der Waals surface area contributed by atoms with Crippen molar-refractivity contribution in [2.45, 2.75) is 0 Å². The summed E-state index contributed by atoms with van der Waals surface area (Å²) in [4.78, 5) is 26.0. The summed E-state index contributed by atoms with van der Waals surface area (Å²) in [5.74, 6) is -0.523. The maximum absolute atomic E-state index is 12.6. The lowest BCUT2D eigenvalue weighted by atomic mass is 10.0. The molecule has 2 aromatic carbocycles. The van der Waals surface area contributed by atoms with Gasteiger partial charge in [0.1, 0.15) is 5.58 Å². The molecule has 0 aliphatic carbocycles. The number of carbonyl (C=O) groups is 1. The van der Waals surface area contributed by atoms with E-state index in [4.69, 9.17) is 9.15 Å². The second kappa shape index (κ2) is 7.17. The highest BCUT2D eigenvalue weighted by atomic mass is 79.9. The molecule has 1 aliphatic heterocycles. The predicted molar refractivity (Wildman–Crippen MR) is 106 cm³/mol. The minimum Gasteiger partial charge on any atom is -0.478 e. The highest BCUT2D eigenvalue weighted by molar-refractivity contribution is 9.10. The predicted octanol–water partition coefficient (Wildman–Crippen LogP) is 3.76. The van der Waals surface area contributed by atoms with Crippen LogP contribution in [0.2, 0.25) is 0 Å². The van der Waals surface area contributed by atoms with Gasteiger partial charge in [0.05, 0.1) is 24.2 Å². The zero-order valence-corrected chi connectivity index (χ0v) is 15.9. The van der Waals surface area contributed by atoms with Crippen LogP contribution in [0.15, 0.2) is 56.1 Å². The van der Waals surface area contributed by atoms with E-state index in [1.165, 1.54) is 12.1 Å². The second-order valence-corrected chi connectivity index (χ2v) is 7.18. The summed E-state index contributed by atoms with van der Waals surface area (Å²) in [6.07, 6.45) is 0. The number of halogens is 1. The van der Waals surface area contributed by atoms with Crippen LogP contribution < -0.4 is 10.3 Å². The number of ether oxygens (including phenoxy) is 1. The van der Waals surface area contributed by atoms with Crippen LogP contribution in [0.1, 0.15) is 10.4 Å². The molecule has 1 fully saturated rings. The van der Waals surface area contributed by atoms with Crippen molar-refractivity contribution in [1.82, 2.24) is 0 Å². The quantitative estimate of drug-likeness (QED) is 0.682. The van der Waals surface area contributed by atoms with Gasteiger partial charge >= 0.3 is 5.97 Å². The number of nitrogens with zero attached hydrogens (tertiary/aromatic N) is 1. The topological polar surface area (TPSA) is 80.0 Å². The van der Waals surface area contributed by atoms with Crippen molar-refractivity contribution in [3.8, 4) is 11.1 Å². The number of benzene rings is 2. The summed E-state index contributed by atoms with van der Waals surface area (Å²) in [7, 11) is 0. The molecular weight excluding hydrogens is 414 g/mol. The van der Waals surface area contributed by atoms with E-state index >= 15 is 0 Å². The van der Waals surface area contributed by atoms with Gasteiger partial charge in [0, 0.05) is 29.2 Å².